The van der Waals surface area contributed by atoms with E-state index in [9.17, 15) is 14.0 Å². The summed E-state index contributed by atoms with van der Waals surface area (Å²) in [7, 11) is 0. The molecule has 27 heavy (non-hydrogen) atoms. The number of hydrogen-bond donors (Lipinski definition) is 3. The lowest BCUT2D eigenvalue weighted by molar-refractivity contribution is 0.0914. The number of nitrogens with zero attached hydrogens (tertiary/aromatic N) is 2. The van der Waals surface area contributed by atoms with Crippen LogP contribution in [0.3, 0.4) is 0 Å². The summed E-state index contributed by atoms with van der Waals surface area (Å²) in [6.45, 7) is 4.24. The normalized spacial score (nSPS) is 18.1. The van der Waals surface area contributed by atoms with Gasteiger partial charge in [-0.15, -0.1) is 0 Å². The van der Waals surface area contributed by atoms with E-state index in [1.54, 1.807) is 23.0 Å². The summed E-state index contributed by atoms with van der Waals surface area (Å²) in [5.41, 5.74) is 2.25. The molecule has 140 valence electrons. The molecule has 7 nitrogen and oxygen atoms in total. The van der Waals surface area contributed by atoms with Gasteiger partial charge in [-0.3, -0.25) is 19.8 Å². The van der Waals surface area contributed by atoms with E-state index in [4.69, 9.17) is 0 Å². The Bertz CT molecular complexity index is 1060. The second-order valence-electron chi connectivity index (χ2n) is 7.68. The van der Waals surface area contributed by atoms with Gasteiger partial charge in [0.25, 0.3) is 11.5 Å². The molecule has 0 fully saturated rings. The number of amides is 1. The highest BCUT2D eigenvalue weighted by molar-refractivity contribution is 5.92. The smallest absolute Gasteiger partial charge is 0.269 e. The lowest BCUT2D eigenvalue weighted by Gasteiger charge is -2.35. The summed E-state index contributed by atoms with van der Waals surface area (Å²) in [4.78, 5) is 23.8. The van der Waals surface area contributed by atoms with E-state index < -0.39 is 0 Å². The summed E-state index contributed by atoms with van der Waals surface area (Å²) in [5, 5.41) is 12.3. The minimum Gasteiger partial charge on any atom is -0.344 e. The Morgan fingerprint density at radius 1 is 1.33 bits per heavy atom. The number of hydrogen-bond acceptors (Lipinski definition) is 3. The predicted molar refractivity (Wildman–Crippen MR) is 97.2 cm³/mol. The lowest BCUT2D eigenvalue weighted by Crippen LogP contribution is -2.37. The molecule has 1 aliphatic carbocycles. The van der Waals surface area contributed by atoms with Gasteiger partial charge in [0.2, 0.25) is 0 Å². The summed E-state index contributed by atoms with van der Waals surface area (Å²) in [5.74, 6) is -0.686. The maximum atomic E-state index is 13.7. The number of carbonyl (C=O) groups is 1. The van der Waals surface area contributed by atoms with Crippen LogP contribution in [0.5, 0.6) is 0 Å². The highest BCUT2D eigenvalue weighted by atomic mass is 19.1. The van der Waals surface area contributed by atoms with Gasteiger partial charge in [-0.1, -0.05) is 19.9 Å². The molecule has 4 rings (SSSR count). The molecule has 0 bridgehead atoms. The SMILES string of the molecule is CC1(C)Cc2c(cnn2-c2cccc(F)c2)[C@H](NC(=O)c2cc(=O)[nH][nH]2)C1. The summed E-state index contributed by atoms with van der Waals surface area (Å²) < 4.78 is 15.4. The Morgan fingerprint density at radius 2 is 2.15 bits per heavy atom. The van der Waals surface area contributed by atoms with E-state index in [0.29, 0.717) is 5.69 Å². The van der Waals surface area contributed by atoms with Crippen LogP contribution >= 0.6 is 0 Å². The Balaban J connectivity index is 1.70. The van der Waals surface area contributed by atoms with Gasteiger partial charge in [-0.2, -0.15) is 5.10 Å². The maximum absolute atomic E-state index is 13.7. The number of rotatable bonds is 3. The van der Waals surface area contributed by atoms with Crippen molar-refractivity contribution in [3.8, 4) is 5.69 Å². The molecule has 1 amide bonds. The van der Waals surface area contributed by atoms with Crippen LogP contribution in [0.4, 0.5) is 4.39 Å². The zero-order chi connectivity index (χ0) is 19.2. The Kier molecular flexibility index (Phi) is 3.98. The van der Waals surface area contributed by atoms with E-state index in [-0.39, 0.29) is 34.4 Å². The number of H-pyrrole nitrogens is 2. The second kappa shape index (κ2) is 6.22. The van der Waals surface area contributed by atoms with Crippen molar-refractivity contribution in [2.45, 2.75) is 32.7 Å². The summed E-state index contributed by atoms with van der Waals surface area (Å²) in [6.07, 6.45) is 3.21. The first-order valence-electron chi connectivity index (χ1n) is 8.74. The van der Waals surface area contributed by atoms with Crippen molar-refractivity contribution in [2.24, 2.45) is 5.41 Å². The molecule has 2 heterocycles. The van der Waals surface area contributed by atoms with Crippen molar-refractivity contribution in [3.63, 3.8) is 0 Å². The van der Waals surface area contributed by atoms with Crippen molar-refractivity contribution in [1.82, 2.24) is 25.3 Å². The zero-order valence-electron chi connectivity index (χ0n) is 15.0. The number of aromatic nitrogens is 4. The van der Waals surface area contributed by atoms with E-state index in [1.165, 1.54) is 18.2 Å². The zero-order valence-corrected chi connectivity index (χ0v) is 15.0. The van der Waals surface area contributed by atoms with Gasteiger partial charge >= 0.3 is 0 Å². The third kappa shape index (κ3) is 3.30. The minimum absolute atomic E-state index is 0.0817. The average molecular weight is 369 g/mol. The monoisotopic (exact) mass is 369 g/mol. The van der Waals surface area contributed by atoms with E-state index >= 15 is 0 Å². The number of halogens is 1. The van der Waals surface area contributed by atoms with E-state index in [2.05, 4.69) is 34.5 Å². The number of benzene rings is 1. The van der Waals surface area contributed by atoms with Crippen molar-refractivity contribution in [1.29, 1.82) is 0 Å². The van der Waals surface area contributed by atoms with Gasteiger partial charge in [0.1, 0.15) is 11.5 Å². The largest absolute Gasteiger partial charge is 0.344 e. The van der Waals surface area contributed by atoms with Crippen molar-refractivity contribution in [2.75, 3.05) is 0 Å². The van der Waals surface area contributed by atoms with Crippen molar-refractivity contribution in [3.05, 3.63) is 69.7 Å². The molecular formula is C19H20FN5O2. The molecule has 1 atom stereocenters. The van der Waals surface area contributed by atoms with Crippen LogP contribution in [0, 0.1) is 11.2 Å². The molecule has 2 aromatic heterocycles. The van der Waals surface area contributed by atoms with Crippen molar-refractivity contribution >= 4 is 5.91 Å². The summed E-state index contributed by atoms with van der Waals surface area (Å²) in [6, 6.07) is 7.25. The van der Waals surface area contributed by atoms with Crippen LogP contribution < -0.4 is 10.9 Å². The standard InChI is InChI=1S/C19H20FN5O2/c1-19(2)8-15(22-18(27)14-7-17(26)24-23-14)13-10-21-25(16(13)9-19)12-5-3-4-11(20)6-12/h3-7,10,15H,8-9H2,1-2H3,(H,22,27)(H2,23,24,26)/t15-/m1/s1. The molecule has 1 aromatic carbocycles. The van der Waals surface area contributed by atoms with Gasteiger partial charge in [-0.25, -0.2) is 9.07 Å². The Morgan fingerprint density at radius 3 is 2.85 bits per heavy atom. The molecule has 0 saturated heterocycles. The van der Waals surface area contributed by atoms with Gasteiger partial charge in [0, 0.05) is 11.6 Å². The minimum atomic E-state index is -0.361. The van der Waals surface area contributed by atoms with Gasteiger partial charge in [-0.05, 0) is 36.5 Å². The fraction of sp³-hybridized carbons (Fsp3) is 0.316. The van der Waals surface area contributed by atoms with Crippen LogP contribution in [-0.4, -0.2) is 25.9 Å². The Labute approximate surface area is 154 Å². The van der Waals surface area contributed by atoms with Crippen LogP contribution in [0.1, 0.15) is 48.1 Å². The summed E-state index contributed by atoms with van der Waals surface area (Å²) >= 11 is 0. The number of carbonyl (C=O) groups excluding carboxylic acids is 1. The molecule has 0 aliphatic heterocycles. The third-order valence-electron chi connectivity index (χ3n) is 4.88. The molecule has 0 saturated carbocycles. The van der Waals surface area contributed by atoms with E-state index in [1.807, 2.05) is 0 Å². The molecule has 1 aliphatic rings. The number of aromatic amines is 2. The first-order valence-corrected chi connectivity index (χ1v) is 8.74. The first-order chi connectivity index (χ1) is 12.8. The van der Waals surface area contributed by atoms with Crippen LogP contribution in [0.25, 0.3) is 5.69 Å². The van der Waals surface area contributed by atoms with Gasteiger partial charge in [0.15, 0.2) is 0 Å². The van der Waals surface area contributed by atoms with Crippen molar-refractivity contribution < 1.29 is 9.18 Å². The molecular weight excluding hydrogens is 349 g/mol. The van der Waals surface area contributed by atoms with Gasteiger partial charge < -0.3 is 5.32 Å². The number of fused-ring (bicyclic) bond motifs is 1. The Hall–Kier alpha value is -3.16. The predicted octanol–water partition coefficient (Wildman–Crippen LogP) is 2.47. The van der Waals surface area contributed by atoms with E-state index in [0.717, 1.165) is 24.1 Å². The highest BCUT2D eigenvalue weighted by Gasteiger charge is 2.36. The molecule has 8 heteroatoms. The third-order valence-corrected chi connectivity index (χ3v) is 4.88. The molecule has 0 spiro atoms. The fourth-order valence-corrected chi connectivity index (χ4v) is 3.69. The fourth-order valence-electron chi connectivity index (χ4n) is 3.69. The van der Waals surface area contributed by atoms with Crippen LogP contribution in [0.2, 0.25) is 0 Å². The molecule has 3 N–H and O–H groups in total. The van der Waals surface area contributed by atoms with Gasteiger partial charge in [0.05, 0.1) is 23.6 Å². The molecule has 0 unspecified atom stereocenters. The van der Waals surface area contributed by atoms with Crippen LogP contribution in [-0.2, 0) is 6.42 Å². The first kappa shape index (κ1) is 17.3. The highest BCUT2D eigenvalue weighted by Crippen LogP contribution is 2.41. The maximum Gasteiger partial charge on any atom is 0.269 e. The van der Waals surface area contributed by atoms with Crippen LogP contribution in [0.15, 0.2) is 41.3 Å². The lowest BCUT2D eigenvalue weighted by atomic mass is 9.74. The average Bonchev–Trinajstić information content (AvgIpc) is 3.20. The second-order valence-corrected chi connectivity index (χ2v) is 7.68. The topological polar surface area (TPSA) is 95.6 Å². The molecule has 0 radical (unpaired) electrons. The quantitative estimate of drug-likeness (QED) is 0.662. The number of nitrogens with one attached hydrogen (secondary N) is 3. The molecule has 3 aromatic rings.